The predicted molar refractivity (Wildman–Crippen MR) is 68.7 cm³/mol. The van der Waals surface area contributed by atoms with Gasteiger partial charge in [-0.25, -0.2) is 0 Å². The Kier molecular flexibility index (Phi) is 5.68. The van der Waals surface area contributed by atoms with Gasteiger partial charge in [0.1, 0.15) is 5.69 Å². The molecule has 1 heterocycles. The first-order chi connectivity index (χ1) is 9.65. The summed E-state index contributed by atoms with van der Waals surface area (Å²) in [5.74, 6) is -0.651. The van der Waals surface area contributed by atoms with E-state index in [9.17, 15) is 23.1 Å². The number of nitrogens with one attached hydrogen (secondary N) is 1. The molecule has 0 aromatic carbocycles. The standard InChI is InChI=1S/C13H17F3N2O3/c1-12(20,5-6-21-2)8-18-11(19)10-4-3-9(7-17-10)13(14,15)16/h3-4,7,20H,5-6,8H2,1-2H3,(H,18,19). The third-order valence-corrected chi connectivity index (χ3v) is 2.80. The van der Waals surface area contributed by atoms with Gasteiger partial charge in [-0.15, -0.1) is 0 Å². The zero-order valence-corrected chi connectivity index (χ0v) is 11.7. The van der Waals surface area contributed by atoms with Crippen LogP contribution in [0.25, 0.3) is 0 Å². The Morgan fingerprint density at radius 3 is 2.57 bits per heavy atom. The van der Waals surface area contributed by atoms with Crippen molar-refractivity contribution in [1.29, 1.82) is 0 Å². The molecule has 0 saturated carbocycles. The lowest BCUT2D eigenvalue weighted by Crippen LogP contribution is -2.41. The van der Waals surface area contributed by atoms with Crippen LogP contribution in [0.3, 0.4) is 0 Å². The van der Waals surface area contributed by atoms with E-state index < -0.39 is 23.2 Å². The summed E-state index contributed by atoms with van der Waals surface area (Å²) < 4.78 is 41.9. The molecule has 1 amide bonds. The topological polar surface area (TPSA) is 71.5 Å². The van der Waals surface area contributed by atoms with E-state index in [1.807, 2.05) is 0 Å². The maximum absolute atomic E-state index is 12.4. The lowest BCUT2D eigenvalue weighted by molar-refractivity contribution is -0.137. The quantitative estimate of drug-likeness (QED) is 0.838. The van der Waals surface area contributed by atoms with Crippen LogP contribution in [0.5, 0.6) is 0 Å². The van der Waals surface area contributed by atoms with E-state index in [1.54, 1.807) is 0 Å². The molecule has 1 aromatic rings. The molecule has 1 atom stereocenters. The van der Waals surface area contributed by atoms with Gasteiger partial charge in [-0.2, -0.15) is 13.2 Å². The van der Waals surface area contributed by atoms with Crippen LogP contribution in [0.2, 0.25) is 0 Å². The summed E-state index contributed by atoms with van der Waals surface area (Å²) in [5.41, 5.74) is -2.24. The lowest BCUT2D eigenvalue weighted by Gasteiger charge is -2.23. The fourth-order valence-electron chi connectivity index (χ4n) is 1.47. The second kappa shape index (κ2) is 6.86. The van der Waals surface area contributed by atoms with Gasteiger partial charge in [-0.3, -0.25) is 9.78 Å². The number of carbonyl (C=O) groups excluding carboxylic acids is 1. The normalized spacial score (nSPS) is 14.6. The molecule has 5 nitrogen and oxygen atoms in total. The summed E-state index contributed by atoms with van der Waals surface area (Å²) in [4.78, 5) is 15.2. The predicted octanol–water partition coefficient (Wildman–Crippen LogP) is 1.62. The number of aromatic nitrogens is 1. The monoisotopic (exact) mass is 306 g/mol. The van der Waals surface area contributed by atoms with Crippen molar-refractivity contribution in [2.45, 2.75) is 25.1 Å². The SMILES string of the molecule is COCCC(C)(O)CNC(=O)c1ccc(C(F)(F)F)cn1. The van der Waals surface area contributed by atoms with Crippen LogP contribution in [0.1, 0.15) is 29.4 Å². The number of methoxy groups -OCH3 is 1. The van der Waals surface area contributed by atoms with Crippen LogP contribution >= 0.6 is 0 Å². The summed E-state index contributed by atoms with van der Waals surface area (Å²) in [6.07, 6.45) is -3.59. The molecule has 2 N–H and O–H groups in total. The van der Waals surface area contributed by atoms with E-state index in [1.165, 1.54) is 14.0 Å². The summed E-state index contributed by atoms with van der Waals surface area (Å²) in [5, 5.41) is 12.3. The largest absolute Gasteiger partial charge is 0.417 e. The lowest BCUT2D eigenvalue weighted by atomic mass is 10.0. The first-order valence-electron chi connectivity index (χ1n) is 6.18. The minimum absolute atomic E-state index is 0.0576. The highest BCUT2D eigenvalue weighted by molar-refractivity contribution is 5.92. The second-order valence-electron chi connectivity index (χ2n) is 4.85. The van der Waals surface area contributed by atoms with Gasteiger partial charge in [-0.1, -0.05) is 0 Å². The molecule has 0 bridgehead atoms. The molecule has 1 rings (SSSR count). The molecule has 0 aliphatic rings. The molecule has 1 aromatic heterocycles. The molecule has 118 valence electrons. The highest BCUT2D eigenvalue weighted by atomic mass is 19.4. The highest BCUT2D eigenvalue weighted by Gasteiger charge is 2.31. The van der Waals surface area contributed by atoms with Gasteiger partial charge in [0.25, 0.3) is 5.91 Å². The van der Waals surface area contributed by atoms with Crippen molar-refractivity contribution < 1.29 is 27.8 Å². The minimum Gasteiger partial charge on any atom is -0.388 e. The van der Waals surface area contributed by atoms with Gasteiger partial charge < -0.3 is 15.2 Å². The van der Waals surface area contributed by atoms with E-state index in [0.29, 0.717) is 19.2 Å². The molecular weight excluding hydrogens is 289 g/mol. The van der Waals surface area contributed by atoms with Crippen molar-refractivity contribution in [3.8, 4) is 0 Å². The Bertz CT molecular complexity index is 473. The average molecular weight is 306 g/mol. The van der Waals surface area contributed by atoms with Crippen molar-refractivity contribution in [2.75, 3.05) is 20.3 Å². The molecule has 0 spiro atoms. The highest BCUT2D eigenvalue weighted by Crippen LogP contribution is 2.28. The van der Waals surface area contributed by atoms with E-state index in [-0.39, 0.29) is 12.2 Å². The van der Waals surface area contributed by atoms with Crippen molar-refractivity contribution in [3.63, 3.8) is 0 Å². The second-order valence-corrected chi connectivity index (χ2v) is 4.85. The van der Waals surface area contributed by atoms with Crippen molar-refractivity contribution in [2.24, 2.45) is 0 Å². The molecule has 0 fully saturated rings. The number of carbonyl (C=O) groups is 1. The number of pyridine rings is 1. The Balaban J connectivity index is 2.60. The number of amides is 1. The third kappa shape index (κ3) is 5.68. The number of ether oxygens (including phenoxy) is 1. The zero-order chi connectivity index (χ0) is 16.1. The molecule has 21 heavy (non-hydrogen) atoms. The molecule has 0 aliphatic heterocycles. The Hall–Kier alpha value is -1.67. The maximum Gasteiger partial charge on any atom is 0.417 e. The molecule has 8 heteroatoms. The van der Waals surface area contributed by atoms with Crippen LogP contribution < -0.4 is 5.32 Å². The van der Waals surface area contributed by atoms with Crippen LogP contribution in [-0.2, 0) is 10.9 Å². The Labute approximate surface area is 120 Å². The van der Waals surface area contributed by atoms with Crippen molar-refractivity contribution >= 4 is 5.91 Å². The Morgan fingerprint density at radius 1 is 1.43 bits per heavy atom. The Morgan fingerprint density at radius 2 is 2.10 bits per heavy atom. The summed E-state index contributed by atoms with van der Waals surface area (Å²) in [6, 6.07) is 1.77. The summed E-state index contributed by atoms with van der Waals surface area (Å²) in [7, 11) is 1.49. The molecule has 0 radical (unpaired) electrons. The number of aliphatic hydroxyl groups is 1. The smallest absolute Gasteiger partial charge is 0.388 e. The number of nitrogens with zero attached hydrogens (tertiary/aromatic N) is 1. The number of halogens is 3. The van der Waals surface area contributed by atoms with Gasteiger partial charge in [0.15, 0.2) is 0 Å². The van der Waals surface area contributed by atoms with Gasteiger partial charge in [0.05, 0.1) is 11.2 Å². The molecule has 1 unspecified atom stereocenters. The van der Waals surface area contributed by atoms with Crippen LogP contribution in [0.15, 0.2) is 18.3 Å². The number of hydrogen-bond acceptors (Lipinski definition) is 4. The zero-order valence-electron chi connectivity index (χ0n) is 11.7. The van der Waals surface area contributed by atoms with Gasteiger partial charge in [0, 0.05) is 32.9 Å². The average Bonchev–Trinajstić information content (AvgIpc) is 2.42. The summed E-state index contributed by atoms with van der Waals surface area (Å²) in [6.45, 7) is 1.78. The van der Waals surface area contributed by atoms with Crippen LogP contribution in [0.4, 0.5) is 13.2 Å². The minimum atomic E-state index is -4.49. The fourth-order valence-corrected chi connectivity index (χ4v) is 1.47. The van der Waals surface area contributed by atoms with Gasteiger partial charge in [0.2, 0.25) is 0 Å². The number of alkyl halides is 3. The van der Waals surface area contributed by atoms with Gasteiger partial charge in [-0.05, 0) is 19.1 Å². The van der Waals surface area contributed by atoms with Crippen molar-refractivity contribution in [1.82, 2.24) is 10.3 Å². The molecular formula is C13H17F3N2O3. The van der Waals surface area contributed by atoms with E-state index in [0.717, 1.165) is 12.1 Å². The number of hydrogen-bond donors (Lipinski definition) is 2. The number of rotatable bonds is 6. The van der Waals surface area contributed by atoms with Crippen molar-refractivity contribution in [3.05, 3.63) is 29.6 Å². The fraction of sp³-hybridized carbons (Fsp3) is 0.538. The van der Waals surface area contributed by atoms with E-state index in [4.69, 9.17) is 4.74 Å². The van der Waals surface area contributed by atoms with Gasteiger partial charge >= 0.3 is 6.18 Å². The third-order valence-electron chi connectivity index (χ3n) is 2.80. The van der Waals surface area contributed by atoms with Crippen LogP contribution in [0, 0.1) is 0 Å². The summed E-state index contributed by atoms with van der Waals surface area (Å²) >= 11 is 0. The van der Waals surface area contributed by atoms with E-state index >= 15 is 0 Å². The first kappa shape index (κ1) is 17.4. The van der Waals surface area contributed by atoms with E-state index in [2.05, 4.69) is 10.3 Å². The maximum atomic E-state index is 12.4. The first-order valence-corrected chi connectivity index (χ1v) is 6.18. The molecule has 0 aliphatic carbocycles. The van der Waals surface area contributed by atoms with Crippen LogP contribution in [-0.4, -0.2) is 41.9 Å². The molecule has 0 saturated heterocycles.